The van der Waals surface area contributed by atoms with Gasteiger partial charge in [-0.15, -0.1) is 11.6 Å². The van der Waals surface area contributed by atoms with Crippen LogP contribution in [0.1, 0.15) is 11.1 Å². The van der Waals surface area contributed by atoms with E-state index in [4.69, 9.17) is 11.6 Å². The third kappa shape index (κ3) is 2.61. The lowest BCUT2D eigenvalue weighted by atomic mass is 10.2. The van der Waals surface area contributed by atoms with Crippen molar-refractivity contribution in [1.29, 1.82) is 0 Å². The first-order valence-corrected chi connectivity index (χ1v) is 7.54. The van der Waals surface area contributed by atoms with Crippen LogP contribution in [0.4, 0.5) is 16.2 Å². The van der Waals surface area contributed by atoms with Crippen molar-refractivity contribution >= 4 is 29.0 Å². The highest BCUT2D eigenvalue weighted by molar-refractivity contribution is 6.18. The van der Waals surface area contributed by atoms with Gasteiger partial charge in [-0.25, -0.2) is 4.79 Å². The molecule has 0 aliphatic carbocycles. The molecule has 4 heteroatoms. The van der Waals surface area contributed by atoms with Gasteiger partial charge < -0.3 is 0 Å². The third-order valence-corrected chi connectivity index (χ3v) is 4.04. The highest BCUT2D eigenvalue weighted by Crippen LogP contribution is 2.28. The Kier molecular flexibility index (Phi) is 3.84. The Morgan fingerprint density at radius 3 is 2.57 bits per heavy atom. The Bertz CT molecular complexity index is 671. The maximum Gasteiger partial charge on any atom is 0.329 e. The fourth-order valence-corrected chi connectivity index (χ4v) is 2.91. The maximum atomic E-state index is 12.7. The van der Waals surface area contributed by atoms with Gasteiger partial charge in [0.25, 0.3) is 0 Å². The zero-order chi connectivity index (χ0) is 14.8. The lowest BCUT2D eigenvalue weighted by Crippen LogP contribution is -2.32. The molecular formula is C17H17ClN2O. The molecule has 2 aromatic rings. The van der Waals surface area contributed by atoms with Gasteiger partial charge in [0.05, 0.1) is 0 Å². The van der Waals surface area contributed by atoms with E-state index >= 15 is 0 Å². The summed E-state index contributed by atoms with van der Waals surface area (Å²) >= 11 is 5.98. The van der Waals surface area contributed by atoms with Gasteiger partial charge in [-0.1, -0.05) is 30.3 Å². The first-order valence-electron chi connectivity index (χ1n) is 7.00. The van der Waals surface area contributed by atoms with Crippen LogP contribution in [0.3, 0.4) is 0 Å². The van der Waals surface area contributed by atoms with E-state index < -0.39 is 0 Å². The SMILES string of the molecule is Cc1cccc(N2CCN(c3ccccc3CCl)C2=O)c1. The number of hydrogen-bond acceptors (Lipinski definition) is 1. The fraction of sp³-hybridized carbons (Fsp3) is 0.235. The highest BCUT2D eigenvalue weighted by atomic mass is 35.5. The highest BCUT2D eigenvalue weighted by Gasteiger charge is 2.31. The number of urea groups is 1. The van der Waals surface area contributed by atoms with Gasteiger partial charge >= 0.3 is 6.03 Å². The normalized spacial score (nSPS) is 14.9. The van der Waals surface area contributed by atoms with Gasteiger partial charge in [-0.05, 0) is 36.2 Å². The molecule has 0 saturated carbocycles. The zero-order valence-electron chi connectivity index (χ0n) is 11.9. The van der Waals surface area contributed by atoms with Crippen molar-refractivity contribution in [2.24, 2.45) is 0 Å². The topological polar surface area (TPSA) is 23.6 Å². The number of benzene rings is 2. The molecule has 2 amide bonds. The number of aryl methyl sites for hydroxylation is 1. The first kappa shape index (κ1) is 14.0. The van der Waals surface area contributed by atoms with Crippen molar-refractivity contribution in [2.75, 3.05) is 22.9 Å². The molecule has 1 heterocycles. The molecule has 0 aromatic heterocycles. The second-order valence-corrected chi connectivity index (χ2v) is 5.45. The van der Waals surface area contributed by atoms with Crippen molar-refractivity contribution in [2.45, 2.75) is 12.8 Å². The van der Waals surface area contributed by atoms with Gasteiger partial charge in [0, 0.05) is 30.3 Å². The predicted octanol–water partition coefficient (Wildman–Crippen LogP) is 4.18. The number of hydrogen-bond donors (Lipinski definition) is 0. The average molecular weight is 301 g/mol. The van der Waals surface area contributed by atoms with Crippen LogP contribution in [0, 0.1) is 6.92 Å². The Labute approximate surface area is 129 Å². The van der Waals surface area contributed by atoms with E-state index in [0.717, 1.165) is 22.5 Å². The maximum absolute atomic E-state index is 12.7. The molecule has 21 heavy (non-hydrogen) atoms. The van der Waals surface area contributed by atoms with Gasteiger partial charge in [0.2, 0.25) is 0 Å². The van der Waals surface area contributed by atoms with Crippen molar-refractivity contribution in [3.8, 4) is 0 Å². The zero-order valence-corrected chi connectivity index (χ0v) is 12.7. The van der Waals surface area contributed by atoms with Gasteiger partial charge in [-0.2, -0.15) is 0 Å². The van der Waals surface area contributed by atoms with Crippen LogP contribution < -0.4 is 9.80 Å². The summed E-state index contributed by atoms with van der Waals surface area (Å²) in [5.41, 5.74) is 4.00. The molecule has 0 atom stereocenters. The Hall–Kier alpha value is -2.00. The van der Waals surface area contributed by atoms with Crippen LogP contribution >= 0.6 is 11.6 Å². The number of para-hydroxylation sites is 1. The monoisotopic (exact) mass is 300 g/mol. The first-order chi connectivity index (χ1) is 10.2. The predicted molar refractivity (Wildman–Crippen MR) is 87.3 cm³/mol. The van der Waals surface area contributed by atoms with Crippen LogP contribution in [-0.2, 0) is 5.88 Å². The molecule has 1 aliphatic heterocycles. The van der Waals surface area contributed by atoms with E-state index in [1.54, 1.807) is 4.90 Å². The molecule has 1 aliphatic rings. The van der Waals surface area contributed by atoms with E-state index in [-0.39, 0.29) is 6.03 Å². The minimum absolute atomic E-state index is 0.0122. The van der Waals surface area contributed by atoms with Crippen LogP contribution in [0.5, 0.6) is 0 Å². The van der Waals surface area contributed by atoms with E-state index in [1.807, 2.05) is 60.4 Å². The van der Waals surface area contributed by atoms with Crippen molar-refractivity contribution in [1.82, 2.24) is 0 Å². The van der Waals surface area contributed by atoms with E-state index in [2.05, 4.69) is 0 Å². The van der Waals surface area contributed by atoms with E-state index in [0.29, 0.717) is 19.0 Å². The molecule has 2 aromatic carbocycles. The molecule has 3 nitrogen and oxygen atoms in total. The second kappa shape index (κ2) is 5.78. The summed E-state index contributed by atoms with van der Waals surface area (Å²) in [7, 11) is 0. The number of nitrogens with zero attached hydrogens (tertiary/aromatic N) is 2. The standard InChI is InChI=1S/C17H17ClN2O/c1-13-5-4-7-15(11-13)19-9-10-20(17(19)21)16-8-3-2-6-14(16)12-18/h2-8,11H,9-10,12H2,1H3. The lowest BCUT2D eigenvalue weighted by molar-refractivity contribution is 0.256. The van der Waals surface area contributed by atoms with Crippen molar-refractivity contribution in [3.63, 3.8) is 0 Å². The summed E-state index contributed by atoms with van der Waals surface area (Å²) in [6.07, 6.45) is 0. The average Bonchev–Trinajstić information content (AvgIpc) is 2.89. The second-order valence-electron chi connectivity index (χ2n) is 5.19. The molecule has 1 saturated heterocycles. The Morgan fingerprint density at radius 2 is 1.81 bits per heavy atom. The quantitative estimate of drug-likeness (QED) is 0.780. The molecule has 108 valence electrons. The molecule has 0 unspecified atom stereocenters. The summed E-state index contributed by atoms with van der Waals surface area (Å²) < 4.78 is 0. The number of carbonyl (C=O) groups is 1. The molecule has 0 spiro atoms. The molecule has 0 N–H and O–H groups in total. The molecule has 3 rings (SSSR count). The largest absolute Gasteiger partial charge is 0.329 e. The summed E-state index contributed by atoms with van der Waals surface area (Å²) in [6, 6.07) is 15.8. The van der Waals surface area contributed by atoms with Crippen LogP contribution in [-0.4, -0.2) is 19.1 Å². The number of carbonyl (C=O) groups excluding carboxylic acids is 1. The minimum atomic E-state index is 0.0122. The van der Waals surface area contributed by atoms with E-state index in [9.17, 15) is 4.79 Å². The minimum Gasteiger partial charge on any atom is -0.292 e. The van der Waals surface area contributed by atoms with Gasteiger partial charge in [0.1, 0.15) is 0 Å². The third-order valence-electron chi connectivity index (χ3n) is 3.75. The van der Waals surface area contributed by atoms with Gasteiger partial charge in [0.15, 0.2) is 0 Å². The Morgan fingerprint density at radius 1 is 1.05 bits per heavy atom. The summed E-state index contributed by atoms with van der Waals surface area (Å²) in [6.45, 7) is 3.41. The van der Waals surface area contributed by atoms with Crippen LogP contribution in [0.25, 0.3) is 0 Å². The number of rotatable bonds is 3. The van der Waals surface area contributed by atoms with Crippen LogP contribution in [0.2, 0.25) is 0 Å². The van der Waals surface area contributed by atoms with E-state index in [1.165, 1.54) is 0 Å². The molecule has 0 bridgehead atoms. The number of alkyl halides is 1. The Balaban J connectivity index is 1.90. The molecule has 1 fully saturated rings. The fourth-order valence-electron chi connectivity index (χ4n) is 2.68. The number of anilines is 2. The van der Waals surface area contributed by atoms with Crippen molar-refractivity contribution < 1.29 is 4.79 Å². The molecule has 0 radical (unpaired) electrons. The smallest absolute Gasteiger partial charge is 0.292 e. The lowest BCUT2D eigenvalue weighted by Gasteiger charge is -2.20. The van der Waals surface area contributed by atoms with Gasteiger partial charge in [-0.3, -0.25) is 9.80 Å². The molecular weight excluding hydrogens is 284 g/mol. The van der Waals surface area contributed by atoms with Crippen molar-refractivity contribution in [3.05, 3.63) is 59.7 Å². The summed E-state index contributed by atoms with van der Waals surface area (Å²) in [4.78, 5) is 16.3. The number of halogens is 1. The number of amides is 2. The summed E-state index contributed by atoms with van der Waals surface area (Å²) in [5.74, 6) is 0.407. The summed E-state index contributed by atoms with van der Waals surface area (Å²) in [5, 5.41) is 0. The van der Waals surface area contributed by atoms with Crippen LogP contribution in [0.15, 0.2) is 48.5 Å².